The smallest absolute Gasteiger partial charge is 0.244 e. The van der Waals surface area contributed by atoms with Gasteiger partial charge >= 0.3 is 0 Å². The van der Waals surface area contributed by atoms with Crippen molar-refractivity contribution in [2.45, 2.75) is 51.0 Å². The topological polar surface area (TPSA) is 57.3 Å². The van der Waals surface area contributed by atoms with E-state index in [0.29, 0.717) is 0 Å². The van der Waals surface area contributed by atoms with Crippen molar-refractivity contribution in [3.8, 4) is 0 Å². The lowest BCUT2D eigenvalue weighted by Gasteiger charge is -2.33. The van der Waals surface area contributed by atoms with Gasteiger partial charge in [0.25, 0.3) is 0 Å². The Morgan fingerprint density at radius 2 is 2.05 bits per heavy atom. The van der Waals surface area contributed by atoms with E-state index in [1.54, 1.807) is 6.20 Å². The van der Waals surface area contributed by atoms with Crippen molar-refractivity contribution < 1.29 is 4.79 Å². The van der Waals surface area contributed by atoms with Gasteiger partial charge < -0.3 is 15.5 Å². The molecule has 5 nitrogen and oxygen atoms in total. The molecular formula is C17H26N4O. The predicted octanol–water partition coefficient (Wildman–Crippen LogP) is 2.54. The van der Waals surface area contributed by atoms with Crippen LogP contribution >= 0.6 is 0 Å². The molecule has 1 aromatic rings. The molecule has 5 heteroatoms. The van der Waals surface area contributed by atoms with Crippen LogP contribution in [-0.2, 0) is 4.79 Å². The van der Waals surface area contributed by atoms with Gasteiger partial charge in [-0.25, -0.2) is 4.98 Å². The molecule has 3 heterocycles. The van der Waals surface area contributed by atoms with Gasteiger partial charge in [-0.05, 0) is 64.1 Å². The Morgan fingerprint density at radius 3 is 2.68 bits per heavy atom. The molecule has 2 saturated heterocycles. The van der Waals surface area contributed by atoms with Gasteiger partial charge in [-0.1, -0.05) is 0 Å². The second-order valence-corrected chi connectivity index (χ2v) is 6.62. The highest BCUT2D eigenvalue weighted by molar-refractivity contribution is 5.97. The Hall–Kier alpha value is -1.62. The summed E-state index contributed by atoms with van der Waals surface area (Å²) in [5, 5.41) is 6.34. The number of amides is 1. The van der Waals surface area contributed by atoms with Crippen LogP contribution in [-0.4, -0.2) is 36.1 Å². The van der Waals surface area contributed by atoms with Crippen LogP contribution in [0.5, 0.6) is 0 Å². The highest BCUT2D eigenvalue weighted by Crippen LogP contribution is 2.22. The Balaban J connectivity index is 1.61. The first kappa shape index (κ1) is 15.3. The fraction of sp³-hybridized carbons (Fsp3) is 0.647. The molecule has 120 valence electrons. The zero-order chi connectivity index (χ0) is 15.4. The average Bonchev–Trinajstić information content (AvgIpc) is 2.57. The minimum atomic E-state index is -0.455. The number of anilines is 2. The van der Waals surface area contributed by atoms with Crippen LogP contribution in [0.15, 0.2) is 18.3 Å². The summed E-state index contributed by atoms with van der Waals surface area (Å²) in [6, 6.07) is 3.97. The van der Waals surface area contributed by atoms with Crippen molar-refractivity contribution in [3.63, 3.8) is 0 Å². The summed E-state index contributed by atoms with van der Waals surface area (Å²) in [6.07, 6.45) is 8.70. The third-order valence-electron chi connectivity index (χ3n) is 4.81. The molecule has 2 N–H and O–H groups in total. The quantitative estimate of drug-likeness (QED) is 0.901. The first-order valence-electron chi connectivity index (χ1n) is 8.45. The van der Waals surface area contributed by atoms with Gasteiger partial charge in [0.05, 0.1) is 17.4 Å². The van der Waals surface area contributed by atoms with Crippen molar-refractivity contribution in [2.24, 2.45) is 0 Å². The molecule has 1 aromatic heterocycles. The van der Waals surface area contributed by atoms with Gasteiger partial charge in [-0.2, -0.15) is 0 Å². The molecule has 1 atom stereocenters. The largest absolute Gasteiger partial charge is 0.357 e. The zero-order valence-corrected chi connectivity index (χ0v) is 13.4. The van der Waals surface area contributed by atoms with Gasteiger partial charge in [0, 0.05) is 13.1 Å². The van der Waals surface area contributed by atoms with E-state index in [4.69, 9.17) is 0 Å². The summed E-state index contributed by atoms with van der Waals surface area (Å²) in [6.45, 7) is 5.06. The highest BCUT2D eigenvalue weighted by Gasteiger charge is 2.34. The maximum absolute atomic E-state index is 12.5. The van der Waals surface area contributed by atoms with E-state index in [2.05, 4.69) is 20.5 Å². The van der Waals surface area contributed by atoms with E-state index in [9.17, 15) is 4.79 Å². The molecule has 0 spiro atoms. The van der Waals surface area contributed by atoms with Gasteiger partial charge in [0.1, 0.15) is 5.82 Å². The van der Waals surface area contributed by atoms with Gasteiger partial charge in [0.2, 0.25) is 5.91 Å². The van der Waals surface area contributed by atoms with E-state index in [0.717, 1.165) is 50.4 Å². The van der Waals surface area contributed by atoms with Crippen molar-refractivity contribution >= 4 is 17.4 Å². The summed E-state index contributed by atoms with van der Waals surface area (Å²) >= 11 is 0. The minimum Gasteiger partial charge on any atom is -0.357 e. The van der Waals surface area contributed by atoms with Crippen molar-refractivity contribution in [1.29, 1.82) is 0 Å². The Morgan fingerprint density at radius 1 is 1.23 bits per heavy atom. The molecule has 0 saturated carbocycles. The standard InChI is InChI=1S/C17H26N4O/c1-17(9-3-4-10-19-17)16(22)20-14-7-8-15(18-13-14)21-11-5-2-6-12-21/h7-8,13,19H,2-6,9-12H2,1H3,(H,20,22). The third-order valence-corrected chi connectivity index (χ3v) is 4.81. The van der Waals surface area contributed by atoms with E-state index < -0.39 is 5.54 Å². The van der Waals surface area contributed by atoms with Crippen LogP contribution in [0, 0.1) is 0 Å². The van der Waals surface area contributed by atoms with Crippen LogP contribution in [0.4, 0.5) is 11.5 Å². The van der Waals surface area contributed by atoms with E-state index in [1.165, 1.54) is 19.3 Å². The number of carbonyl (C=O) groups is 1. The monoisotopic (exact) mass is 302 g/mol. The Labute approximate surface area is 132 Å². The number of pyridine rings is 1. The summed E-state index contributed by atoms with van der Waals surface area (Å²) in [5.74, 6) is 1.06. The van der Waals surface area contributed by atoms with Gasteiger partial charge in [-0.15, -0.1) is 0 Å². The lowest BCUT2D eigenvalue weighted by molar-refractivity contribution is -0.122. The van der Waals surface area contributed by atoms with E-state index >= 15 is 0 Å². The normalized spacial score (nSPS) is 25.8. The number of carbonyl (C=O) groups excluding carboxylic acids is 1. The molecule has 2 aliphatic heterocycles. The maximum Gasteiger partial charge on any atom is 0.244 e. The molecule has 2 aliphatic rings. The van der Waals surface area contributed by atoms with Gasteiger partial charge in [0.15, 0.2) is 0 Å². The molecule has 1 amide bonds. The first-order valence-corrected chi connectivity index (χ1v) is 8.45. The summed E-state index contributed by atoms with van der Waals surface area (Å²) < 4.78 is 0. The highest BCUT2D eigenvalue weighted by atomic mass is 16.2. The number of hydrogen-bond donors (Lipinski definition) is 2. The molecule has 0 aromatic carbocycles. The maximum atomic E-state index is 12.5. The number of hydrogen-bond acceptors (Lipinski definition) is 4. The fourth-order valence-corrected chi connectivity index (χ4v) is 3.29. The van der Waals surface area contributed by atoms with Crippen LogP contribution in [0.2, 0.25) is 0 Å². The lowest BCUT2D eigenvalue weighted by atomic mass is 9.90. The summed E-state index contributed by atoms with van der Waals surface area (Å²) in [4.78, 5) is 19.3. The second-order valence-electron chi connectivity index (χ2n) is 6.62. The third kappa shape index (κ3) is 3.40. The SMILES string of the molecule is CC1(C(=O)Nc2ccc(N3CCCCC3)nc2)CCCCN1. The Bertz CT molecular complexity index is 502. The molecule has 0 radical (unpaired) electrons. The van der Waals surface area contributed by atoms with Crippen LogP contribution in [0.3, 0.4) is 0 Å². The van der Waals surface area contributed by atoms with Gasteiger partial charge in [-0.3, -0.25) is 4.79 Å². The number of nitrogens with zero attached hydrogens (tertiary/aromatic N) is 2. The minimum absolute atomic E-state index is 0.0414. The van der Waals surface area contributed by atoms with Crippen LogP contribution in [0.1, 0.15) is 45.4 Å². The average molecular weight is 302 g/mol. The summed E-state index contributed by atoms with van der Waals surface area (Å²) in [5.41, 5.74) is 0.323. The number of rotatable bonds is 3. The first-order chi connectivity index (χ1) is 10.7. The van der Waals surface area contributed by atoms with E-state index in [1.807, 2.05) is 19.1 Å². The van der Waals surface area contributed by atoms with Crippen LogP contribution in [0.25, 0.3) is 0 Å². The fourth-order valence-electron chi connectivity index (χ4n) is 3.29. The molecular weight excluding hydrogens is 276 g/mol. The second kappa shape index (κ2) is 6.65. The zero-order valence-electron chi connectivity index (χ0n) is 13.4. The van der Waals surface area contributed by atoms with E-state index in [-0.39, 0.29) is 5.91 Å². The molecule has 2 fully saturated rings. The van der Waals surface area contributed by atoms with Crippen LogP contribution < -0.4 is 15.5 Å². The van der Waals surface area contributed by atoms with Crippen molar-refractivity contribution in [2.75, 3.05) is 29.9 Å². The number of piperidine rings is 2. The Kier molecular flexibility index (Phi) is 4.62. The molecule has 0 bridgehead atoms. The lowest BCUT2D eigenvalue weighted by Crippen LogP contribution is -2.54. The van der Waals surface area contributed by atoms with Crippen molar-refractivity contribution in [3.05, 3.63) is 18.3 Å². The predicted molar refractivity (Wildman–Crippen MR) is 89.2 cm³/mol. The molecule has 0 aliphatic carbocycles. The summed E-state index contributed by atoms with van der Waals surface area (Å²) in [7, 11) is 0. The molecule has 1 unspecified atom stereocenters. The number of aromatic nitrogens is 1. The molecule has 3 rings (SSSR count). The van der Waals surface area contributed by atoms with Crippen molar-refractivity contribution in [1.82, 2.24) is 10.3 Å². The molecule has 22 heavy (non-hydrogen) atoms. The number of nitrogens with one attached hydrogen (secondary N) is 2.